The lowest BCUT2D eigenvalue weighted by Gasteiger charge is -2.10. The summed E-state index contributed by atoms with van der Waals surface area (Å²) in [5, 5.41) is 3.38. The first-order chi connectivity index (χ1) is 7.53. The van der Waals surface area contributed by atoms with Crippen molar-refractivity contribution in [1.82, 2.24) is 5.32 Å². The molecule has 4 heteroatoms. The Balaban J connectivity index is 2.00. The Morgan fingerprint density at radius 3 is 2.62 bits per heavy atom. The maximum absolute atomic E-state index is 11.2. The molecule has 0 aromatic carbocycles. The van der Waals surface area contributed by atoms with E-state index in [9.17, 15) is 8.42 Å². The molecule has 1 N–H and O–H groups in total. The van der Waals surface area contributed by atoms with Crippen LogP contribution in [0.4, 0.5) is 0 Å². The van der Waals surface area contributed by atoms with E-state index < -0.39 is 9.84 Å². The normalized spacial score (nSPS) is 26.1. The molecule has 1 fully saturated rings. The summed E-state index contributed by atoms with van der Waals surface area (Å²) in [4.78, 5) is 0. The molecule has 0 spiro atoms. The van der Waals surface area contributed by atoms with Gasteiger partial charge in [-0.25, -0.2) is 8.42 Å². The monoisotopic (exact) mass is 247 g/mol. The highest BCUT2D eigenvalue weighted by Crippen LogP contribution is 2.29. The van der Waals surface area contributed by atoms with Crippen LogP contribution in [0.1, 0.15) is 39.5 Å². The van der Waals surface area contributed by atoms with Gasteiger partial charge < -0.3 is 5.32 Å². The molecule has 3 nitrogen and oxygen atoms in total. The second kappa shape index (κ2) is 6.60. The van der Waals surface area contributed by atoms with Crippen LogP contribution in [-0.2, 0) is 9.84 Å². The van der Waals surface area contributed by atoms with Crippen LogP contribution in [0.3, 0.4) is 0 Å². The predicted molar refractivity (Wildman–Crippen MR) is 68.3 cm³/mol. The van der Waals surface area contributed by atoms with Crippen molar-refractivity contribution in [3.05, 3.63) is 0 Å². The molecule has 2 unspecified atom stereocenters. The third-order valence-corrected chi connectivity index (χ3v) is 5.28. The highest BCUT2D eigenvalue weighted by Gasteiger charge is 2.20. The molecule has 1 aliphatic carbocycles. The first-order valence-electron chi connectivity index (χ1n) is 6.44. The van der Waals surface area contributed by atoms with E-state index in [0.29, 0.717) is 5.75 Å². The predicted octanol–water partition coefficient (Wildman–Crippen LogP) is 1.84. The molecule has 0 amide bonds. The van der Waals surface area contributed by atoms with E-state index in [0.717, 1.165) is 31.3 Å². The van der Waals surface area contributed by atoms with Gasteiger partial charge in [0.25, 0.3) is 0 Å². The van der Waals surface area contributed by atoms with Gasteiger partial charge in [-0.05, 0) is 44.2 Å². The first kappa shape index (κ1) is 14.0. The molecule has 0 bridgehead atoms. The maximum atomic E-state index is 11.2. The molecule has 96 valence electrons. The van der Waals surface area contributed by atoms with E-state index in [4.69, 9.17) is 0 Å². The summed E-state index contributed by atoms with van der Waals surface area (Å²) in [6.07, 6.45) is 4.77. The second-order valence-electron chi connectivity index (χ2n) is 5.08. The Morgan fingerprint density at radius 2 is 2.06 bits per heavy atom. The lowest BCUT2D eigenvalue weighted by atomic mass is 10.1. The van der Waals surface area contributed by atoms with Crippen LogP contribution in [0.2, 0.25) is 0 Å². The number of hydrogen-bond donors (Lipinski definition) is 1. The topological polar surface area (TPSA) is 46.2 Å². The van der Waals surface area contributed by atoms with E-state index in [1.54, 1.807) is 6.92 Å². The van der Waals surface area contributed by atoms with Crippen molar-refractivity contribution >= 4 is 9.84 Å². The third kappa shape index (κ3) is 5.30. The molecule has 0 heterocycles. The highest BCUT2D eigenvalue weighted by atomic mass is 32.2. The fraction of sp³-hybridized carbons (Fsp3) is 1.00. The number of rotatable bonds is 7. The molecule has 1 saturated carbocycles. The van der Waals surface area contributed by atoms with Crippen LogP contribution in [0.15, 0.2) is 0 Å². The minimum atomic E-state index is -2.77. The Labute approximate surface area is 99.9 Å². The summed E-state index contributed by atoms with van der Waals surface area (Å²) in [5.41, 5.74) is 0. The average Bonchev–Trinajstić information content (AvgIpc) is 2.64. The van der Waals surface area contributed by atoms with E-state index in [1.165, 1.54) is 19.3 Å². The van der Waals surface area contributed by atoms with Gasteiger partial charge in [-0.1, -0.05) is 20.3 Å². The average molecular weight is 247 g/mol. The zero-order valence-corrected chi connectivity index (χ0v) is 11.4. The molecule has 0 radical (unpaired) electrons. The number of sulfone groups is 1. The fourth-order valence-electron chi connectivity index (χ4n) is 2.38. The summed E-state index contributed by atoms with van der Waals surface area (Å²) in [5.74, 6) is 2.30. The Kier molecular flexibility index (Phi) is 5.76. The molecule has 0 aliphatic heterocycles. The van der Waals surface area contributed by atoms with Gasteiger partial charge in [0.05, 0.1) is 5.75 Å². The van der Waals surface area contributed by atoms with Gasteiger partial charge in [0.2, 0.25) is 0 Å². The van der Waals surface area contributed by atoms with Gasteiger partial charge in [0.15, 0.2) is 0 Å². The zero-order valence-electron chi connectivity index (χ0n) is 10.5. The Bertz CT molecular complexity index is 287. The molecular weight excluding hydrogens is 222 g/mol. The van der Waals surface area contributed by atoms with Crippen molar-refractivity contribution in [3.8, 4) is 0 Å². The molecule has 2 atom stereocenters. The number of hydrogen-bond acceptors (Lipinski definition) is 3. The highest BCUT2D eigenvalue weighted by molar-refractivity contribution is 7.91. The van der Waals surface area contributed by atoms with E-state index in [1.807, 2.05) is 0 Å². The third-order valence-electron chi connectivity index (χ3n) is 3.49. The zero-order chi connectivity index (χ0) is 12.0. The smallest absolute Gasteiger partial charge is 0.150 e. The van der Waals surface area contributed by atoms with Crippen molar-refractivity contribution in [1.29, 1.82) is 0 Å². The summed E-state index contributed by atoms with van der Waals surface area (Å²) in [7, 11) is -2.77. The largest absolute Gasteiger partial charge is 0.316 e. The van der Waals surface area contributed by atoms with Gasteiger partial charge >= 0.3 is 0 Å². The summed E-state index contributed by atoms with van der Waals surface area (Å²) >= 11 is 0. The lowest BCUT2D eigenvalue weighted by Crippen LogP contribution is -2.24. The Morgan fingerprint density at radius 1 is 1.31 bits per heavy atom. The second-order valence-corrected chi connectivity index (χ2v) is 7.55. The van der Waals surface area contributed by atoms with Gasteiger partial charge in [0.1, 0.15) is 9.84 Å². The van der Waals surface area contributed by atoms with E-state index in [2.05, 4.69) is 12.2 Å². The van der Waals surface area contributed by atoms with Crippen molar-refractivity contribution in [2.24, 2.45) is 11.8 Å². The SMILES string of the molecule is CCS(=O)(=O)CCCNCC1CCC(C)C1. The number of nitrogens with one attached hydrogen (secondary N) is 1. The molecular formula is C12H25NO2S. The Hall–Kier alpha value is -0.0900. The molecule has 1 aliphatic rings. The molecule has 0 saturated heterocycles. The van der Waals surface area contributed by atoms with Crippen molar-refractivity contribution in [2.45, 2.75) is 39.5 Å². The molecule has 1 rings (SSSR count). The molecule has 0 aromatic rings. The van der Waals surface area contributed by atoms with Gasteiger partial charge in [-0.15, -0.1) is 0 Å². The van der Waals surface area contributed by atoms with Gasteiger partial charge in [-0.2, -0.15) is 0 Å². The minimum Gasteiger partial charge on any atom is -0.316 e. The summed E-state index contributed by atoms with van der Waals surface area (Å²) in [6.45, 7) is 5.93. The first-order valence-corrected chi connectivity index (χ1v) is 8.26. The minimum absolute atomic E-state index is 0.271. The van der Waals surface area contributed by atoms with Crippen LogP contribution < -0.4 is 5.32 Å². The quantitative estimate of drug-likeness (QED) is 0.698. The fourth-order valence-corrected chi connectivity index (χ4v) is 3.25. The van der Waals surface area contributed by atoms with Crippen LogP contribution in [0, 0.1) is 11.8 Å². The van der Waals surface area contributed by atoms with Crippen molar-refractivity contribution in [2.75, 3.05) is 24.6 Å². The van der Waals surface area contributed by atoms with Crippen LogP contribution >= 0.6 is 0 Å². The van der Waals surface area contributed by atoms with Crippen molar-refractivity contribution < 1.29 is 8.42 Å². The summed E-state index contributed by atoms with van der Waals surface area (Å²) < 4.78 is 22.5. The van der Waals surface area contributed by atoms with Gasteiger partial charge in [-0.3, -0.25) is 0 Å². The van der Waals surface area contributed by atoms with E-state index >= 15 is 0 Å². The molecule has 16 heavy (non-hydrogen) atoms. The maximum Gasteiger partial charge on any atom is 0.150 e. The van der Waals surface area contributed by atoms with E-state index in [-0.39, 0.29) is 5.75 Å². The van der Waals surface area contributed by atoms with Crippen LogP contribution in [0.5, 0.6) is 0 Å². The van der Waals surface area contributed by atoms with Crippen molar-refractivity contribution in [3.63, 3.8) is 0 Å². The standard InChI is InChI=1S/C12H25NO2S/c1-3-16(14,15)8-4-7-13-10-12-6-5-11(2)9-12/h11-13H,3-10H2,1-2H3. The summed E-state index contributed by atoms with van der Waals surface area (Å²) in [6, 6.07) is 0. The van der Waals surface area contributed by atoms with Crippen LogP contribution in [0.25, 0.3) is 0 Å². The van der Waals surface area contributed by atoms with Crippen LogP contribution in [-0.4, -0.2) is 33.0 Å². The van der Waals surface area contributed by atoms with Gasteiger partial charge in [0, 0.05) is 5.75 Å². The lowest BCUT2D eigenvalue weighted by molar-refractivity contribution is 0.471. The molecule has 0 aromatic heterocycles.